The average molecular weight is 375 g/mol. The lowest BCUT2D eigenvalue weighted by atomic mass is 10.1. The van der Waals surface area contributed by atoms with Crippen molar-refractivity contribution in [3.8, 4) is 0 Å². The highest BCUT2D eigenvalue weighted by Gasteiger charge is 2.14. The Morgan fingerprint density at radius 2 is 1.77 bits per heavy atom. The first-order chi connectivity index (χ1) is 12.5. The number of likely N-dealkylation sites (N-methyl/N-ethyl adjacent to an activating group) is 1. The first-order valence-electron chi connectivity index (χ1n) is 9.36. The van der Waals surface area contributed by atoms with Gasteiger partial charge in [0.25, 0.3) is 0 Å². The zero-order valence-corrected chi connectivity index (χ0v) is 16.8. The van der Waals surface area contributed by atoms with Crippen molar-refractivity contribution in [3.63, 3.8) is 0 Å². The van der Waals surface area contributed by atoms with E-state index in [4.69, 9.17) is 0 Å². The number of unbranched alkanes of at least 4 members (excludes halogenated alkanes) is 1. The topological polar surface area (TPSA) is 49.4 Å². The Kier molecular flexibility index (Phi) is 7.66. The summed E-state index contributed by atoms with van der Waals surface area (Å²) in [6, 6.07) is 15.5. The van der Waals surface area contributed by atoms with Gasteiger partial charge in [-0.25, -0.2) is 13.1 Å². The number of aryl methyl sites for hydroxylation is 2. The maximum absolute atomic E-state index is 12.5. The Balaban J connectivity index is 1.94. The van der Waals surface area contributed by atoms with Crippen LogP contribution < -0.4 is 9.62 Å². The Morgan fingerprint density at radius 3 is 2.38 bits per heavy atom. The van der Waals surface area contributed by atoms with Gasteiger partial charge in [-0.3, -0.25) is 0 Å². The lowest BCUT2D eigenvalue weighted by Crippen LogP contribution is -2.35. The van der Waals surface area contributed by atoms with Gasteiger partial charge in [-0.1, -0.05) is 37.6 Å². The Labute approximate surface area is 158 Å². The molecule has 0 atom stereocenters. The summed E-state index contributed by atoms with van der Waals surface area (Å²) < 4.78 is 27.7. The van der Waals surface area contributed by atoms with Crippen LogP contribution in [0, 0.1) is 6.92 Å². The molecule has 0 spiro atoms. The molecule has 0 aliphatic carbocycles. The summed E-state index contributed by atoms with van der Waals surface area (Å²) in [5.74, 6) is 0. The van der Waals surface area contributed by atoms with Crippen LogP contribution in [0.2, 0.25) is 0 Å². The van der Waals surface area contributed by atoms with Crippen LogP contribution in [-0.2, 0) is 16.4 Å². The number of hydrogen-bond donors (Lipinski definition) is 1. The number of nitrogens with one attached hydrogen (secondary N) is 1. The van der Waals surface area contributed by atoms with Crippen LogP contribution >= 0.6 is 0 Å². The minimum atomic E-state index is -3.47. The molecule has 2 rings (SSSR count). The standard InChI is InChI=1S/C21H30N2O2S/c1-4-6-9-19-11-13-21(14-12-19)26(24,25)22-15-16-23(5-2)20-10-7-8-18(3)17-20/h7-8,10-14,17,22H,4-6,9,15-16H2,1-3H3. The normalized spacial score (nSPS) is 11.5. The number of anilines is 1. The summed E-state index contributed by atoms with van der Waals surface area (Å²) in [6.07, 6.45) is 3.25. The molecule has 0 radical (unpaired) electrons. The van der Waals surface area contributed by atoms with Crippen molar-refractivity contribution >= 4 is 15.7 Å². The molecule has 0 aromatic heterocycles. The molecule has 0 heterocycles. The van der Waals surface area contributed by atoms with Crippen LogP contribution in [0.25, 0.3) is 0 Å². The maximum Gasteiger partial charge on any atom is 0.240 e. The predicted molar refractivity (Wildman–Crippen MR) is 109 cm³/mol. The molecular weight excluding hydrogens is 344 g/mol. The van der Waals surface area contributed by atoms with Gasteiger partial charge in [-0.2, -0.15) is 0 Å². The summed E-state index contributed by atoms with van der Waals surface area (Å²) in [4.78, 5) is 2.50. The van der Waals surface area contributed by atoms with E-state index in [0.717, 1.165) is 31.5 Å². The summed E-state index contributed by atoms with van der Waals surface area (Å²) in [6.45, 7) is 8.13. The van der Waals surface area contributed by atoms with E-state index >= 15 is 0 Å². The van der Waals surface area contributed by atoms with Gasteiger partial charge in [0.1, 0.15) is 0 Å². The van der Waals surface area contributed by atoms with Crippen LogP contribution in [-0.4, -0.2) is 28.1 Å². The quantitative estimate of drug-likeness (QED) is 0.680. The fourth-order valence-electron chi connectivity index (χ4n) is 2.91. The van der Waals surface area contributed by atoms with Crippen molar-refractivity contribution in [1.29, 1.82) is 0 Å². The zero-order valence-electron chi connectivity index (χ0n) is 16.0. The highest BCUT2D eigenvalue weighted by atomic mass is 32.2. The van der Waals surface area contributed by atoms with Gasteiger partial charge in [0.05, 0.1) is 4.90 Å². The number of benzene rings is 2. The van der Waals surface area contributed by atoms with Gasteiger partial charge in [-0.05, 0) is 62.1 Å². The maximum atomic E-state index is 12.5. The molecule has 0 amide bonds. The smallest absolute Gasteiger partial charge is 0.240 e. The molecule has 0 fully saturated rings. The second-order valence-electron chi connectivity index (χ2n) is 6.56. The van der Waals surface area contributed by atoms with Gasteiger partial charge in [0, 0.05) is 25.3 Å². The van der Waals surface area contributed by atoms with Gasteiger partial charge in [0.15, 0.2) is 0 Å². The molecule has 5 heteroatoms. The number of sulfonamides is 1. The van der Waals surface area contributed by atoms with Crippen LogP contribution in [0.4, 0.5) is 5.69 Å². The lowest BCUT2D eigenvalue weighted by Gasteiger charge is -2.23. The molecular formula is C21H30N2O2S. The van der Waals surface area contributed by atoms with Gasteiger partial charge < -0.3 is 4.90 Å². The molecule has 142 valence electrons. The first-order valence-corrected chi connectivity index (χ1v) is 10.8. The molecule has 4 nitrogen and oxygen atoms in total. The highest BCUT2D eigenvalue weighted by Crippen LogP contribution is 2.16. The summed E-state index contributed by atoms with van der Waals surface area (Å²) >= 11 is 0. The Bertz CT molecular complexity index is 786. The van der Waals surface area contributed by atoms with E-state index in [-0.39, 0.29) is 0 Å². The van der Waals surface area contributed by atoms with Crippen LogP contribution in [0.3, 0.4) is 0 Å². The van der Waals surface area contributed by atoms with Crippen molar-refractivity contribution in [2.45, 2.75) is 44.9 Å². The van der Waals surface area contributed by atoms with Gasteiger partial charge in [-0.15, -0.1) is 0 Å². The molecule has 0 aliphatic rings. The van der Waals surface area contributed by atoms with Gasteiger partial charge >= 0.3 is 0 Å². The highest BCUT2D eigenvalue weighted by molar-refractivity contribution is 7.89. The van der Waals surface area contributed by atoms with E-state index < -0.39 is 10.0 Å². The second-order valence-corrected chi connectivity index (χ2v) is 8.33. The largest absolute Gasteiger partial charge is 0.370 e. The summed E-state index contributed by atoms with van der Waals surface area (Å²) in [5, 5.41) is 0. The monoisotopic (exact) mass is 374 g/mol. The lowest BCUT2D eigenvalue weighted by molar-refractivity contribution is 0.581. The molecule has 2 aromatic rings. The minimum absolute atomic E-state index is 0.330. The average Bonchev–Trinajstić information content (AvgIpc) is 2.64. The van der Waals surface area contributed by atoms with Crippen molar-refractivity contribution < 1.29 is 8.42 Å². The van der Waals surface area contributed by atoms with E-state index in [9.17, 15) is 8.42 Å². The van der Waals surface area contributed by atoms with Crippen molar-refractivity contribution in [2.75, 3.05) is 24.5 Å². The third kappa shape index (κ3) is 5.85. The van der Waals surface area contributed by atoms with E-state index in [1.165, 1.54) is 11.1 Å². The Morgan fingerprint density at radius 1 is 1.04 bits per heavy atom. The van der Waals surface area contributed by atoms with Crippen molar-refractivity contribution in [3.05, 3.63) is 59.7 Å². The second kappa shape index (κ2) is 9.74. The third-order valence-corrected chi connectivity index (χ3v) is 5.95. The SMILES string of the molecule is CCCCc1ccc(S(=O)(=O)NCCN(CC)c2cccc(C)c2)cc1. The van der Waals surface area contributed by atoms with E-state index in [1.807, 2.05) is 18.2 Å². The number of hydrogen-bond acceptors (Lipinski definition) is 3. The molecule has 26 heavy (non-hydrogen) atoms. The molecule has 0 aliphatic heterocycles. The van der Waals surface area contributed by atoms with E-state index in [0.29, 0.717) is 18.0 Å². The molecule has 0 unspecified atom stereocenters. The Hall–Kier alpha value is -1.85. The predicted octanol–water partition coefficient (Wildman–Crippen LogP) is 4.14. The minimum Gasteiger partial charge on any atom is -0.370 e. The van der Waals surface area contributed by atoms with Crippen molar-refractivity contribution in [1.82, 2.24) is 4.72 Å². The summed E-state index contributed by atoms with van der Waals surface area (Å²) in [7, 11) is -3.47. The number of rotatable bonds is 10. The third-order valence-electron chi connectivity index (χ3n) is 4.47. The van der Waals surface area contributed by atoms with Crippen LogP contribution in [0.1, 0.15) is 37.8 Å². The summed E-state index contributed by atoms with van der Waals surface area (Å²) in [5.41, 5.74) is 3.50. The van der Waals surface area contributed by atoms with Gasteiger partial charge in [0.2, 0.25) is 10.0 Å². The van der Waals surface area contributed by atoms with Crippen LogP contribution in [0.5, 0.6) is 0 Å². The fraction of sp³-hybridized carbons (Fsp3) is 0.429. The molecule has 1 N–H and O–H groups in total. The van der Waals surface area contributed by atoms with E-state index in [2.05, 4.69) is 48.6 Å². The van der Waals surface area contributed by atoms with E-state index in [1.54, 1.807) is 12.1 Å². The molecule has 0 saturated heterocycles. The fourth-order valence-corrected chi connectivity index (χ4v) is 3.93. The molecule has 0 saturated carbocycles. The van der Waals surface area contributed by atoms with Crippen LogP contribution in [0.15, 0.2) is 53.4 Å². The first kappa shape index (κ1) is 20.5. The molecule has 2 aromatic carbocycles. The number of nitrogens with zero attached hydrogens (tertiary/aromatic N) is 1. The van der Waals surface area contributed by atoms with Crippen molar-refractivity contribution in [2.24, 2.45) is 0 Å². The molecule has 0 bridgehead atoms. The zero-order chi connectivity index (χ0) is 19.0.